The third kappa shape index (κ3) is 3.70. The molecule has 0 aromatic heterocycles. The average Bonchev–Trinajstić information content (AvgIpc) is 3.28. The summed E-state index contributed by atoms with van der Waals surface area (Å²) in [5.74, 6) is 2.44. The van der Waals surface area contributed by atoms with E-state index in [2.05, 4.69) is 11.1 Å². The first-order valence-electron chi connectivity index (χ1n) is 10.4. The van der Waals surface area contributed by atoms with E-state index in [9.17, 15) is 0 Å². The number of ether oxygens (including phenoxy) is 3. The molecule has 2 atom stereocenters. The molecule has 1 N–H and O–H groups in total. The molecule has 0 bridgehead atoms. The lowest BCUT2D eigenvalue weighted by Crippen LogP contribution is -2.33. The van der Waals surface area contributed by atoms with Crippen LogP contribution in [0, 0.1) is 0 Å². The van der Waals surface area contributed by atoms with Gasteiger partial charge in [0.15, 0.2) is 0 Å². The van der Waals surface area contributed by atoms with Crippen LogP contribution in [0.25, 0.3) is 0 Å². The highest BCUT2D eigenvalue weighted by Gasteiger charge is 2.40. The molecule has 0 fully saturated rings. The predicted molar refractivity (Wildman–Crippen MR) is 118 cm³/mol. The van der Waals surface area contributed by atoms with Crippen LogP contribution in [0.15, 0.2) is 77.9 Å². The molecule has 3 aromatic carbocycles. The van der Waals surface area contributed by atoms with Crippen LogP contribution >= 0.6 is 0 Å². The lowest BCUT2D eigenvalue weighted by molar-refractivity contribution is -0.0190. The molecule has 158 valence electrons. The van der Waals surface area contributed by atoms with E-state index in [4.69, 9.17) is 24.4 Å². The summed E-state index contributed by atoms with van der Waals surface area (Å²) in [6.07, 6.45) is 0.475. The molecule has 2 aliphatic rings. The Balaban J connectivity index is 1.48. The minimum Gasteiger partial charge on any atom is -0.497 e. The van der Waals surface area contributed by atoms with Gasteiger partial charge in [0.1, 0.15) is 23.9 Å². The van der Waals surface area contributed by atoms with E-state index in [1.165, 1.54) is 0 Å². The molecule has 0 radical (unpaired) electrons. The molecule has 0 aliphatic carbocycles. The van der Waals surface area contributed by atoms with Gasteiger partial charge in [-0.05, 0) is 60.2 Å². The standard InChI is InChI=1S/C25H24N2O4/c1-29-19-10-6-17(7-11-19)22-16-23-21-4-2-3-5-24(21)31-25(27(23)26-22)18-8-12-20(13-9-18)30-15-14-28/h2-13,23,25,28H,14-16H2,1H3/t23-,25-/m1/s1. The highest BCUT2D eigenvalue weighted by Crippen LogP contribution is 2.47. The van der Waals surface area contributed by atoms with Gasteiger partial charge < -0.3 is 19.3 Å². The molecule has 0 spiro atoms. The molecule has 31 heavy (non-hydrogen) atoms. The van der Waals surface area contributed by atoms with Crippen molar-refractivity contribution >= 4 is 5.71 Å². The Labute approximate surface area is 181 Å². The molecule has 0 saturated carbocycles. The number of aliphatic hydroxyl groups is 1. The molecule has 6 heteroatoms. The van der Waals surface area contributed by atoms with Gasteiger partial charge >= 0.3 is 0 Å². The van der Waals surface area contributed by atoms with Crippen LogP contribution in [0.2, 0.25) is 0 Å². The van der Waals surface area contributed by atoms with Crippen LogP contribution in [0.4, 0.5) is 0 Å². The SMILES string of the molecule is COc1ccc(C2=NN3[C@H](C2)c2ccccc2O[C@@H]3c2ccc(OCCO)cc2)cc1. The predicted octanol–water partition coefficient (Wildman–Crippen LogP) is 4.31. The summed E-state index contributed by atoms with van der Waals surface area (Å²) in [6.45, 7) is 0.263. The summed E-state index contributed by atoms with van der Waals surface area (Å²) in [5, 5.41) is 16.0. The maximum absolute atomic E-state index is 8.96. The second-order valence-corrected chi connectivity index (χ2v) is 7.52. The van der Waals surface area contributed by atoms with Gasteiger partial charge in [0, 0.05) is 17.5 Å². The molecule has 2 aliphatic heterocycles. The van der Waals surface area contributed by atoms with Crippen molar-refractivity contribution in [2.75, 3.05) is 20.3 Å². The Hall–Kier alpha value is -3.51. The number of hydrogen-bond acceptors (Lipinski definition) is 6. The van der Waals surface area contributed by atoms with E-state index in [0.717, 1.165) is 46.1 Å². The topological polar surface area (TPSA) is 63.5 Å². The Bertz CT molecular complexity index is 1080. The number of para-hydroxylation sites is 1. The van der Waals surface area contributed by atoms with Crippen molar-refractivity contribution in [2.45, 2.75) is 18.7 Å². The molecule has 3 aromatic rings. The van der Waals surface area contributed by atoms with Gasteiger partial charge in [0.05, 0.1) is 25.5 Å². The summed E-state index contributed by atoms with van der Waals surface area (Å²) in [5.41, 5.74) is 4.25. The molecule has 0 unspecified atom stereocenters. The van der Waals surface area contributed by atoms with Crippen LogP contribution in [-0.4, -0.2) is 36.2 Å². The van der Waals surface area contributed by atoms with Crippen molar-refractivity contribution in [2.24, 2.45) is 5.10 Å². The first kappa shape index (κ1) is 19.5. The monoisotopic (exact) mass is 416 g/mol. The maximum Gasteiger partial charge on any atom is 0.213 e. The summed E-state index contributed by atoms with van der Waals surface area (Å²) < 4.78 is 17.2. The first-order chi connectivity index (χ1) is 15.3. The number of rotatable bonds is 6. The molecule has 6 nitrogen and oxygen atoms in total. The van der Waals surface area contributed by atoms with Crippen LogP contribution < -0.4 is 14.2 Å². The van der Waals surface area contributed by atoms with E-state index < -0.39 is 0 Å². The third-order valence-electron chi connectivity index (χ3n) is 5.65. The van der Waals surface area contributed by atoms with Gasteiger partial charge in [0.25, 0.3) is 0 Å². The van der Waals surface area contributed by atoms with Crippen molar-refractivity contribution < 1.29 is 19.3 Å². The number of benzene rings is 3. The lowest BCUT2D eigenvalue weighted by atomic mass is 9.96. The number of fused-ring (bicyclic) bond motifs is 3. The molecular formula is C25H24N2O4. The van der Waals surface area contributed by atoms with E-state index in [-0.39, 0.29) is 25.5 Å². The maximum atomic E-state index is 8.96. The van der Waals surface area contributed by atoms with Crippen molar-refractivity contribution in [3.05, 3.63) is 89.5 Å². The fraction of sp³-hybridized carbons (Fsp3) is 0.240. The van der Waals surface area contributed by atoms with Gasteiger partial charge in [-0.3, -0.25) is 0 Å². The number of nitrogens with zero attached hydrogens (tertiary/aromatic N) is 2. The summed E-state index contributed by atoms with van der Waals surface area (Å²) in [7, 11) is 1.67. The van der Waals surface area contributed by atoms with Crippen LogP contribution in [0.1, 0.15) is 35.4 Å². The summed E-state index contributed by atoms with van der Waals surface area (Å²) in [4.78, 5) is 0. The lowest BCUT2D eigenvalue weighted by Gasteiger charge is -2.38. The largest absolute Gasteiger partial charge is 0.497 e. The zero-order valence-electron chi connectivity index (χ0n) is 17.3. The van der Waals surface area contributed by atoms with Gasteiger partial charge in [-0.1, -0.05) is 18.2 Å². The number of hydrogen-bond donors (Lipinski definition) is 1. The Morgan fingerprint density at radius 3 is 2.48 bits per heavy atom. The number of methoxy groups -OCH3 is 1. The van der Waals surface area contributed by atoms with Crippen molar-refractivity contribution in [3.8, 4) is 17.2 Å². The van der Waals surface area contributed by atoms with E-state index in [1.54, 1.807) is 7.11 Å². The minimum absolute atomic E-state index is 0.0113. The normalized spacial score (nSPS) is 19.2. The quantitative estimate of drug-likeness (QED) is 0.649. The minimum atomic E-state index is -0.331. The second-order valence-electron chi connectivity index (χ2n) is 7.52. The average molecular weight is 416 g/mol. The van der Waals surface area contributed by atoms with Gasteiger partial charge in [-0.15, -0.1) is 0 Å². The van der Waals surface area contributed by atoms with E-state index >= 15 is 0 Å². The molecule has 0 amide bonds. The van der Waals surface area contributed by atoms with Crippen LogP contribution in [-0.2, 0) is 0 Å². The Morgan fingerprint density at radius 1 is 1.00 bits per heavy atom. The zero-order chi connectivity index (χ0) is 21.2. The molecule has 5 rings (SSSR count). The molecule has 2 heterocycles. The van der Waals surface area contributed by atoms with Gasteiger partial charge in [-0.25, -0.2) is 5.01 Å². The van der Waals surface area contributed by atoms with Gasteiger partial charge in [-0.2, -0.15) is 5.10 Å². The fourth-order valence-electron chi connectivity index (χ4n) is 4.10. The smallest absolute Gasteiger partial charge is 0.213 e. The van der Waals surface area contributed by atoms with Crippen molar-refractivity contribution in [1.82, 2.24) is 5.01 Å². The van der Waals surface area contributed by atoms with Crippen LogP contribution in [0.3, 0.4) is 0 Å². The summed E-state index contributed by atoms with van der Waals surface area (Å²) in [6, 6.07) is 24.1. The van der Waals surface area contributed by atoms with Crippen molar-refractivity contribution in [3.63, 3.8) is 0 Å². The molecule has 0 saturated heterocycles. The Morgan fingerprint density at radius 2 is 1.74 bits per heavy atom. The first-order valence-corrected chi connectivity index (χ1v) is 10.4. The third-order valence-corrected chi connectivity index (χ3v) is 5.65. The number of aliphatic hydroxyl groups excluding tert-OH is 1. The van der Waals surface area contributed by atoms with E-state index in [0.29, 0.717) is 0 Å². The molecular weight excluding hydrogens is 392 g/mol. The van der Waals surface area contributed by atoms with Crippen molar-refractivity contribution in [1.29, 1.82) is 0 Å². The highest BCUT2D eigenvalue weighted by atomic mass is 16.5. The van der Waals surface area contributed by atoms with Gasteiger partial charge in [0.2, 0.25) is 6.23 Å². The van der Waals surface area contributed by atoms with E-state index in [1.807, 2.05) is 66.7 Å². The zero-order valence-corrected chi connectivity index (χ0v) is 17.3. The van der Waals surface area contributed by atoms with Crippen LogP contribution in [0.5, 0.6) is 17.2 Å². The number of hydrazone groups is 1. The fourth-order valence-corrected chi connectivity index (χ4v) is 4.10. The highest BCUT2D eigenvalue weighted by molar-refractivity contribution is 6.02. The Kier molecular flexibility index (Phi) is 5.22. The summed E-state index contributed by atoms with van der Waals surface area (Å²) >= 11 is 0. The second kappa shape index (κ2) is 8.32.